The molecule has 14 heavy (non-hydrogen) atoms. The Balaban J connectivity index is 2.64. The Hall–Kier alpha value is -1.10. The smallest absolute Gasteiger partial charge is 0.335 e. The van der Waals surface area contributed by atoms with Crippen molar-refractivity contribution in [2.45, 2.75) is 32.0 Å². The van der Waals surface area contributed by atoms with E-state index in [0.717, 1.165) is 0 Å². The van der Waals surface area contributed by atoms with Crippen molar-refractivity contribution in [3.05, 3.63) is 0 Å². The van der Waals surface area contributed by atoms with E-state index < -0.39 is 24.1 Å². The van der Waals surface area contributed by atoms with E-state index in [4.69, 9.17) is 9.84 Å². The maximum atomic E-state index is 11.2. The molecule has 0 spiro atoms. The van der Waals surface area contributed by atoms with Crippen LogP contribution >= 0.6 is 0 Å². The second-order valence-corrected chi connectivity index (χ2v) is 3.46. The molecule has 1 aliphatic rings. The number of rotatable bonds is 2. The van der Waals surface area contributed by atoms with Crippen molar-refractivity contribution in [3.63, 3.8) is 0 Å². The van der Waals surface area contributed by atoms with Crippen LogP contribution in [-0.2, 0) is 19.1 Å². The molecular formula is C9H14O5. The van der Waals surface area contributed by atoms with E-state index in [-0.39, 0.29) is 5.92 Å². The molecule has 0 saturated carbocycles. The molecule has 0 bridgehead atoms. The van der Waals surface area contributed by atoms with Gasteiger partial charge >= 0.3 is 11.9 Å². The van der Waals surface area contributed by atoms with Gasteiger partial charge in [-0.1, -0.05) is 6.92 Å². The summed E-state index contributed by atoms with van der Waals surface area (Å²) >= 11 is 0. The highest BCUT2D eigenvalue weighted by Crippen LogP contribution is 2.25. The van der Waals surface area contributed by atoms with E-state index in [9.17, 15) is 9.59 Å². The van der Waals surface area contributed by atoms with Crippen LogP contribution in [0.2, 0.25) is 0 Å². The number of carbonyl (C=O) groups excluding carboxylic acids is 1. The quantitative estimate of drug-likeness (QED) is 0.657. The first kappa shape index (κ1) is 11.0. The molecule has 5 nitrogen and oxygen atoms in total. The fourth-order valence-corrected chi connectivity index (χ4v) is 1.53. The Morgan fingerprint density at radius 2 is 2.07 bits per heavy atom. The first-order valence-electron chi connectivity index (χ1n) is 4.52. The van der Waals surface area contributed by atoms with Crippen LogP contribution in [0.15, 0.2) is 0 Å². The number of carboxylic acid groups (broad SMARTS) is 1. The molecule has 0 aliphatic carbocycles. The van der Waals surface area contributed by atoms with Gasteiger partial charge in [0.1, 0.15) is 0 Å². The van der Waals surface area contributed by atoms with Crippen molar-refractivity contribution in [2.75, 3.05) is 7.11 Å². The third kappa shape index (κ3) is 2.23. The minimum Gasteiger partial charge on any atom is -0.479 e. The van der Waals surface area contributed by atoms with Gasteiger partial charge in [-0.3, -0.25) is 0 Å². The van der Waals surface area contributed by atoms with Crippen LogP contribution in [0.5, 0.6) is 0 Å². The number of hydrogen-bond acceptors (Lipinski definition) is 4. The Labute approximate surface area is 82.0 Å². The summed E-state index contributed by atoms with van der Waals surface area (Å²) in [4.78, 5) is 21.8. The molecule has 0 amide bonds. The van der Waals surface area contributed by atoms with Gasteiger partial charge in [-0.2, -0.15) is 0 Å². The van der Waals surface area contributed by atoms with Gasteiger partial charge in [-0.05, 0) is 18.8 Å². The number of carbonyl (C=O) groups is 2. The monoisotopic (exact) mass is 202 g/mol. The van der Waals surface area contributed by atoms with Crippen LogP contribution < -0.4 is 0 Å². The molecule has 1 saturated heterocycles. The lowest BCUT2D eigenvalue weighted by atomic mass is 9.93. The number of aliphatic carboxylic acids is 1. The maximum absolute atomic E-state index is 11.2. The van der Waals surface area contributed by atoms with Crippen molar-refractivity contribution in [2.24, 2.45) is 5.92 Å². The van der Waals surface area contributed by atoms with Crippen LogP contribution in [-0.4, -0.2) is 36.4 Å². The normalized spacial score (nSPS) is 32.3. The van der Waals surface area contributed by atoms with Crippen molar-refractivity contribution in [1.29, 1.82) is 0 Å². The summed E-state index contributed by atoms with van der Waals surface area (Å²) in [5, 5.41) is 8.72. The Morgan fingerprint density at radius 3 is 2.57 bits per heavy atom. The Kier molecular flexibility index (Phi) is 3.46. The highest BCUT2D eigenvalue weighted by Gasteiger charge is 2.37. The highest BCUT2D eigenvalue weighted by molar-refractivity contribution is 5.77. The van der Waals surface area contributed by atoms with Crippen molar-refractivity contribution in [1.82, 2.24) is 0 Å². The zero-order valence-corrected chi connectivity index (χ0v) is 8.23. The maximum Gasteiger partial charge on any atom is 0.335 e. The summed E-state index contributed by atoms with van der Waals surface area (Å²) < 4.78 is 9.67. The van der Waals surface area contributed by atoms with Gasteiger partial charge in [-0.15, -0.1) is 0 Å². The second kappa shape index (κ2) is 4.41. The molecule has 1 N–H and O–H groups in total. The third-order valence-electron chi connectivity index (χ3n) is 2.42. The summed E-state index contributed by atoms with van der Waals surface area (Å²) in [5.41, 5.74) is 0. The molecule has 1 aliphatic heterocycles. The van der Waals surface area contributed by atoms with Gasteiger partial charge in [0.2, 0.25) is 0 Å². The zero-order valence-electron chi connectivity index (χ0n) is 8.23. The van der Waals surface area contributed by atoms with Gasteiger partial charge in [0.15, 0.2) is 12.2 Å². The van der Waals surface area contributed by atoms with Crippen molar-refractivity contribution >= 4 is 11.9 Å². The lowest BCUT2D eigenvalue weighted by Gasteiger charge is -2.30. The molecule has 1 rings (SSSR count). The third-order valence-corrected chi connectivity index (χ3v) is 2.42. The van der Waals surface area contributed by atoms with Crippen LogP contribution in [0.4, 0.5) is 0 Å². The molecule has 1 fully saturated rings. The molecule has 0 unspecified atom stereocenters. The van der Waals surface area contributed by atoms with Crippen LogP contribution in [0.1, 0.15) is 19.8 Å². The molecule has 0 aromatic heterocycles. The minimum atomic E-state index is -1.02. The standard InChI is InChI=1S/C9H14O5/c1-5-3-4-6(8(10)11)14-7(5)9(12)13-2/h5-7H,3-4H2,1-2H3,(H,10,11)/t5-,6+,7-/m0/s1. The summed E-state index contributed by atoms with van der Waals surface area (Å²) in [6.45, 7) is 1.85. The second-order valence-electron chi connectivity index (χ2n) is 3.46. The number of methoxy groups -OCH3 is 1. The molecule has 0 aromatic rings. The number of carboxylic acids is 1. The highest BCUT2D eigenvalue weighted by atomic mass is 16.6. The van der Waals surface area contributed by atoms with Crippen LogP contribution in [0.25, 0.3) is 0 Å². The lowest BCUT2D eigenvalue weighted by Crippen LogP contribution is -2.43. The molecular weight excluding hydrogens is 188 g/mol. The molecule has 3 atom stereocenters. The average molecular weight is 202 g/mol. The first-order valence-corrected chi connectivity index (χ1v) is 4.52. The van der Waals surface area contributed by atoms with Gasteiger partial charge in [0, 0.05) is 0 Å². The van der Waals surface area contributed by atoms with Gasteiger partial charge in [0.05, 0.1) is 7.11 Å². The van der Waals surface area contributed by atoms with E-state index in [1.165, 1.54) is 7.11 Å². The van der Waals surface area contributed by atoms with Crippen LogP contribution in [0.3, 0.4) is 0 Å². The summed E-state index contributed by atoms with van der Waals surface area (Å²) in [5.74, 6) is -1.51. The zero-order chi connectivity index (χ0) is 10.7. The fraction of sp³-hybridized carbons (Fsp3) is 0.778. The summed E-state index contributed by atoms with van der Waals surface area (Å²) in [6, 6.07) is 0. The van der Waals surface area contributed by atoms with Crippen LogP contribution in [0, 0.1) is 5.92 Å². The number of hydrogen-bond donors (Lipinski definition) is 1. The predicted molar refractivity (Wildman–Crippen MR) is 46.7 cm³/mol. The largest absolute Gasteiger partial charge is 0.479 e. The molecule has 0 aromatic carbocycles. The van der Waals surface area contributed by atoms with Crippen molar-refractivity contribution in [3.8, 4) is 0 Å². The van der Waals surface area contributed by atoms with E-state index in [1.807, 2.05) is 6.92 Å². The molecule has 1 heterocycles. The molecule has 0 radical (unpaired) electrons. The van der Waals surface area contributed by atoms with Gasteiger partial charge in [0.25, 0.3) is 0 Å². The van der Waals surface area contributed by atoms with E-state index in [1.54, 1.807) is 0 Å². The Morgan fingerprint density at radius 1 is 1.43 bits per heavy atom. The first-order chi connectivity index (χ1) is 6.56. The number of ether oxygens (including phenoxy) is 2. The average Bonchev–Trinajstić information content (AvgIpc) is 2.17. The number of esters is 1. The van der Waals surface area contributed by atoms with E-state index in [0.29, 0.717) is 12.8 Å². The van der Waals surface area contributed by atoms with E-state index in [2.05, 4.69) is 4.74 Å². The lowest BCUT2D eigenvalue weighted by molar-refractivity contribution is -0.178. The topological polar surface area (TPSA) is 72.8 Å². The van der Waals surface area contributed by atoms with Crippen molar-refractivity contribution < 1.29 is 24.2 Å². The molecule has 5 heteroatoms. The SMILES string of the molecule is COC(=O)[C@H]1O[C@@H](C(=O)O)CC[C@@H]1C. The minimum absolute atomic E-state index is 0.0121. The summed E-state index contributed by atoms with van der Waals surface area (Å²) in [7, 11) is 1.27. The Bertz CT molecular complexity index is 237. The molecule has 80 valence electrons. The fourth-order valence-electron chi connectivity index (χ4n) is 1.53. The summed E-state index contributed by atoms with van der Waals surface area (Å²) in [6.07, 6.45) is -0.508. The van der Waals surface area contributed by atoms with Gasteiger partial charge < -0.3 is 14.6 Å². The predicted octanol–water partition coefficient (Wildman–Crippen LogP) is 0.428. The van der Waals surface area contributed by atoms with E-state index >= 15 is 0 Å². The van der Waals surface area contributed by atoms with Gasteiger partial charge in [-0.25, -0.2) is 9.59 Å².